The number of nitrogens with zero attached hydrogens (tertiary/aromatic N) is 3. The van der Waals surface area contributed by atoms with Crippen LogP contribution in [0.4, 0.5) is 18.9 Å². The van der Waals surface area contributed by atoms with Gasteiger partial charge in [-0.2, -0.15) is 13.2 Å². The Morgan fingerprint density at radius 3 is 2.44 bits per heavy atom. The number of amides is 1. The molecule has 0 saturated carbocycles. The quantitative estimate of drug-likeness (QED) is 0.750. The van der Waals surface area contributed by atoms with Crippen LogP contribution < -0.4 is 4.90 Å². The molecule has 1 aliphatic rings. The number of hydrogen-bond donors (Lipinski definition) is 0. The molecule has 1 aromatic heterocycles. The lowest BCUT2D eigenvalue weighted by atomic mass is 10.1. The van der Waals surface area contributed by atoms with Crippen LogP contribution in [0.1, 0.15) is 15.9 Å². The molecule has 2 aromatic rings. The molecule has 0 aliphatic carbocycles. The van der Waals surface area contributed by atoms with E-state index in [1.54, 1.807) is 23.2 Å². The van der Waals surface area contributed by atoms with E-state index < -0.39 is 11.7 Å². The molecular formula is C17H15BrF3N3O. The van der Waals surface area contributed by atoms with Gasteiger partial charge in [-0.05, 0) is 40.2 Å². The second-order valence-electron chi connectivity index (χ2n) is 5.72. The van der Waals surface area contributed by atoms with E-state index in [1.807, 2.05) is 4.90 Å². The largest absolute Gasteiger partial charge is 0.416 e. The third-order valence-corrected chi connectivity index (χ3v) is 4.49. The van der Waals surface area contributed by atoms with Crippen LogP contribution in [0, 0.1) is 0 Å². The number of rotatable bonds is 2. The van der Waals surface area contributed by atoms with Gasteiger partial charge in [-0.15, -0.1) is 0 Å². The summed E-state index contributed by atoms with van der Waals surface area (Å²) in [5.41, 5.74) is 0.344. The Morgan fingerprint density at radius 1 is 1.08 bits per heavy atom. The molecule has 1 aliphatic heterocycles. The van der Waals surface area contributed by atoms with Crippen molar-refractivity contribution in [2.75, 3.05) is 31.1 Å². The van der Waals surface area contributed by atoms with E-state index in [0.29, 0.717) is 37.4 Å². The lowest BCUT2D eigenvalue weighted by Gasteiger charge is -2.36. The number of alkyl halides is 3. The van der Waals surface area contributed by atoms with Gasteiger partial charge in [-0.1, -0.05) is 6.07 Å². The third-order valence-electron chi connectivity index (χ3n) is 4.06. The minimum Gasteiger partial charge on any atom is -0.368 e. The first kappa shape index (κ1) is 17.7. The van der Waals surface area contributed by atoms with Crippen molar-refractivity contribution in [2.45, 2.75) is 6.18 Å². The summed E-state index contributed by atoms with van der Waals surface area (Å²) in [4.78, 5) is 20.0. The molecule has 1 fully saturated rings. The van der Waals surface area contributed by atoms with Crippen molar-refractivity contribution in [3.05, 3.63) is 58.3 Å². The fourth-order valence-electron chi connectivity index (χ4n) is 2.76. The molecule has 1 saturated heterocycles. The van der Waals surface area contributed by atoms with Crippen LogP contribution in [-0.2, 0) is 6.18 Å². The van der Waals surface area contributed by atoms with Crippen LogP contribution in [0.15, 0.2) is 47.2 Å². The molecule has 2 heterocycles. The molecule has 132 valence electrons. The average Bonchev–Trinajstić information content (AvgIpc) is 2.61. The molecule has 1 aromatic carbocycles. The predicted octanol–water partition coefficient (Wildman–Crippen LogP) is 3.83. The van der Waals surface area contributed by atoms with Crippen LogP contribution in [0.2, 0.25) is 0 Å². The Hall–Kier alpha value is -2.09. The molecular weight excluding hydrogens is 399 g/mol. The molecule has 25 heavy (non-hydrogen) atoms. The van der Waals surface area contributed by atoms with Gasteiger partial charge in [-0.3, -0.25) is 9.78 Å². The number of carbonyl (C=O) groups excluding carboxylic acids is 1. The van der Waals surface area contributed by atoms with Crippen molar-refractivity contribution in [2.24, 2.45) is 0 Å². The zero-order chi connectivity index (χ0) is 18.0. The molecule has 0 unspecified atom stereocenters. The van der Waals surface area contributed by atoms with Crippen LogP contribution >= 0.6 is 15.9 Å². The van der Waals surface area contributed by atoms with Crippen molar-refractivity contribution >= 4 is 27.5 Å². The monoisotopic (exact) mass is 413 g/mol. The highest BCUT2D eigenvalue weighted by Crippen LogP contribution is 2.31. The molecule has 4 nitrogen and oxygen atoms in total. The maximum Gasteiger partial charge on any atom is 0.416 e. The second-order valence-corrected chi connectivity index (χ2v) is 6.63. The number of halogens is 4. The standard InChI is InChI=1S/C17H15BrF3N3O/c18-14-8-12(10-22-11-14)16(25)24-6-4-23(5-7-24)15-3-1-2-13(9-15)17(19,20)21/h1-3,8-11H,4-7H2. The number of pyridine rings is 1. The summed E-state index contributed by atoms with van der Waals surface area (Å²) in [7, 11) is 0. The maximum atomic E-state index is 12.8. The summed E-state index contributed by atoms with van der Waals surface area (Å²) in [6.07, 6.45) is -1.25. The lowest BCUT2D eigenvalue weighted by molar-refractivity contribution is -0.137. The first-order valence-corrected chi connectivity index (χ1v) is 8.46. The summed E-state index contributed by atoms with van der Waals surface area (Å²) in [5, 5.41) is 0. The summed E-state index contributed by atoms with van der Waals surface area (Å²) in [6, 6.07) is 6.97. The van der Waals surface area contributed by atoms with Gasteiger partial charge >= 0.3 is 6.18 Å². The van der Waals surface area contributed by atoms with Gasteiger partial charge < -0.3 is 9.80 Å². The molecule has 0 radical (unpaired) electrons. The van der Waals surface area contributed by atoms with E-state index in [9.17, 15) is 18.0 Å². The topological polar surface area (TPSA) is 36.4 Å². The molecule has 0 N–H and O–H groups in total. The van der Waals surface area contributed by atoms with Crippen molar-refractivity contribution in [1.29, 1.82) is 0 Å². The van der Waals surface area contributed by atoms with Gasteiger partial charge in [0.05, 0.1) is 11.1 Å². The van der Waals surface area contributed by atoms with Gasteiger partial charge in [-0.25, -0.2) is 0 Å². The fraction of sp³-hybridized carbons (Fsp3) is 0.294. The summed E-state index contributed by atoms with van der Waals surface area (Å²) >= 11 is 3.28. The normalized spacial score (nSPS) is 15.4. The van der Waals surface area contributed by atoms with E-state index in [0.717, 1.165) is 16.6 Å². The van der Waals surface area contributed by atoms with Crippen molar-refractivity contribution < 1.29 is 18.0 Å². The fourth-order valence-corrected chi connectivity index (χ4v) is 3.12. The van der Waals surface area contributed by atoms with Crippen molar-refractivity contribution in [3.8, 4) is 0 Å². The molecule has 0 atom stereocenters. The van der Waals surface area contributed by atoms with Crippen molar-refractivity contribution in [3.63, 3.8) is 0 Å². The average molecular weight is 414 g/mol. The SMILES string of the molecule is O=C(c1cncc(Br)c1)N1CCN(c2cccc(C(F)(F)F)c2)CC1. The first-order valence-electron chi connectivity index (χ1n) is 7.66. The van der Waals surface area contributed by atoms with Crippen molar-refractivity contribution in [1.82, 2.24) is 9.88 Å². The summed E-state index contributed by atoms with van der Waals surface area (Å²) in [6.45, 7) is 1.85. The van der Waals surface area contributed by atoms with Crippen LogP contribution in [0.5, 0.6) is 0 Å². The zero-order valence-corrected chi connectivity index (χ0v) is 14.7. The number of benzene rings is 1. The van der Waals surface area contributed by atoms with E-state index >= 15 is 0 Å². The predicted molar refractivity (Wildman–Crippen MR) is 91.5 cm³/mol. The molecule has 3 rings (SSSR count). The number of piperazine rings is 1. The number of anilines is 1. The Balaban J connectivity index is 1.67. The van der Waals surface area contributed by atoms with Gasteiger partial charge in [0.15, 0.2) is 0 Å². The maximum absolute atomic E-state index is 12.8. The molecule has 0 bridgehead atoms. The summed E-state index contributed by atoms with van der Waals surface area (Å²) in [5.74, 6) is -0.127. The zero-order valence-electron chi connectivity index (χ0n) is 13.1. The van der Waals surface area contributed by atoms with E-state index in [-0.39, 0.29) is 5.91 Å². The van der Waals surface area contributed by atoms with Gasteiger partial charge in [0, 0.05) is 48.7 Å². The van der Waals surface area contributed by atoms with E-state index in [1.165, 1.54) is 12.3 Å². The number of aromatic nitrogens is 1. The molecule has 0 spiro atoms. The Bertz CT molecular complexity index is 774. The second kappa shape index (κ2) is 7.03. The Morgan fingerprint density at radius 2 is 1.80 bits per heavy atom. The highest BCUT2D eigenvalue weighted by molar-refractivity contribution is 9.10. The third kappa shape index (κ3) is 4.12. The Kier molecular flexibility index (Phi) is 4.99. The van der Waals surface area contributed by atoms with Gasteiger partial charge in [0.25, 0.3) is 5.91 Å². The number of carbonyl (C=O) groups is 1. The van der Waals surface area contributed by atoms with E-state index in [4.69, 9.17) is 0 Å². The van der Waals surface area contributed by atoms with Crippen LogP contribution in [0.25, 0.3) is 0 Å². The highest BCUT2D eigenvalue weighted by atomic mass is 79.9. The minimum absolute atomic E-state index is 0.127. The van der Waals surface area contributed by atoms with Gasteiger partial charge in [0.2, 0.25) is 0 Å². The molecule has 8 heteroatoms. The Labute approximate surface area is 151 Å². The smallest absolute Gasteiger partial charge is 0.368 e. The van der Waals surface area contributed by atoms with Gasteiger partial charge in [0.1, 0.15) is 0 Å². The van der Waals surface area contributed by atoms with E-state index in [2.05, 4.69) is 20.9 Å². The highest BCUT2D eigenvalue weighted by Gasteiger charge is 2.31. The van der Waals surface area contributed by atoms with Crippen LogP contribution in [0.3, 0.4) is 0 Å². The lowest BCUT2D eigenvalue weighted by Crippen LogP contribution is -2.48. The first-order chi connectivity index (χ1) is 11.8. The number of hydrogen-bond acceptors (Lipinski definition) is 3. The minimum atomic E-state index is -4.36. The summed E-state index contributed by atoms with van der Waals surface area (Å²) < 4.78 is 39.2. The molecule has 1 amide bonds. The van der Waals surface area contributed by atoms with Crippen LogP contribution in [-0.4, -0.2) is 42.0 Å².